The van der Waals surface area contributed by atoms with Crippen molar-refractivity contribution in [2.24, 2.45) is 5.92 Å². The number of halogens is 3. The molecule has 0 aromatic heterocycles. The van der Waals surface area contributed by atoms with Crippen LogP contribution in [0.2, 0.25) is 15.1 Å². The second-order valence-electron chi connectivity index (χ2n) is 8.99. The Morgan fingerprint density at radius 3 is 2.25 bits per heavy atom. The molecule has 0 aliphatic carbocycles. The molecule has 2 amide bonds. The van der Waals surface area contributed by atoms with Crippen LogP contribution in [-0.4, -0.2) is 50.5 Å². The van der Waals surface area contributed by atoms with E-state index in [1.165, 1.54) is 4.90 Å². The van der Waals surface area contributed by atoms with Crippen molar-refractivity contribution in [1.29, 1.82) is 0 Å². The lowest BCUT2D eigenvalue weighted by Gasteiger charge is -2.33. The second kappa shape index (κ2) is 13.0. The molecule has 0 fully saturated rings. The Labute approximate surface area is 228 Å². The highest BCUT2D eigenvalue weighted by molar-refractivity contribution is 7.92. The van der Waals surface area contributed by atoms with E-state index in [4.69, 9.17) is 34.8 Å². The molecule has 0 aliphatic rings. The zero-order chi connectivity index (χ0) is 27.2. The second-order valence-corrected chi connectivity index (χ2v) is 12.1. The summed E-state index contributed by atoms with van der Waals surface area (Å²) in [6, 6.07) is 8.97. The maximum absolute atomic E-state index is 13.7. The van der Waals surface area contributed by atoms with Crippen LogP contribution in [0.4, 0.5) is 5.69 Å². The van der Waals surface area contributed by atoms with E-state index in [0.717, 1.165) is 10.6 Å². The fraction of sp³-hybridized carbons (Fsp3) is 0.440. The summed E-state index contributed by atoms with van der Waals surface area (Å²) < 4.78 is 26.5. The Kier molecular flexibility index (Phi) is 10.9. The van der Waals surface area contributed by atoms with E-state index in [1.54, 1.807) is 50.2 Å². The van der Waals surface area contributed by atoms with Gasteiger partial charge in [0.2, 0.25) is 21.8 Å². The lowest BCUT2D eigenvalue weighted by molar-refractivity contribution is -0.140. The lowest BCUT2D eigenvalue weighted by atomic mass is 10.1. The van der Waals surface area contributed by atoms with Crippen molar-refractivity contribution in [3.63, 3.8) is 0 Å². The number of hydrogen-bond donors (Lipinski definition) is 1. The van der Waals surface area contributed by atoms with Gasteiger partial charge in [0, 0.05) is 18.1 Å². The Hall–Kier alpha value is -2.00. The van der Waals surface area contributed by atoms with E-state index >= 15 is 0 Å². The number of hydrogen-bond acceptors (Lipinski definition) is 4. The molecule has 0 heterocycles. The first-order chi connectivity index (χ1) is 16.8. The number of sulfonamides is 1. The highest BCUT2D eigenvalue weighted by Gasteiger charge is 2.32. The Morgan fingerprint density at radius 1 is 1.03 bits per heavy atom. The fourth-order valence-corrected chi connectivity index (χ4v) is 5.03. The van der Waals surface area contributed by atoms with Gasteiger partial charge in [-0.05, 0) is 54.7 Å². The van der Waals surface area contributed by atoms with Crippen LogP contribution in [0.5, 0.6) is 0 Å². The normalized spacial score (nSPS) is 12.4. The molecule has 1 atom stereocenters. The molecule has 198 valence electrons. The van der Waals surface area contributed by atoms with Crippen LogP contribution in [0, 0.1) is 12.8 Å². The molecule has 2 aromatic rings. The molecular formula is C25H32Cl3N3O4S. The van der Waals surface area contributed by atoms with Crippen molar-refractivity contribution in [1.82, 2.24) is 10.2 Å². The summed E-state index contributed by atoms with van der Waals surface area (Å²) in [4.78, 5) is 28.2. The van der Waals surface area contributed by atoms with Crippen LogP contribution in [0.1, 0.15) is 38.3 Å². The number of anilines is 1. The Balaban J connectivity index is 2.49. The van der Waals surface area contributed by atoms with Crippen LogP contribution in [0.15, 0.2) is 36.4 Å². The number of carbonyl (C=O) groups excluding carboxylic acids is 2. The van der Waals surface area contributed by atoms with Gasteiger partial charge in [0.05, 0.1) is 22.0 Å². The van der Waals surface area contributed by atoms with Crippen molar-refractivity contribution in [3.05, 3.63) is 62.6 Å². The summed E-state index contributed by atoms with van der Waals surface area (Å²) >= 11 is 18.4. The molecule has 7 nitrogen and oxygen atoms in total. The van der Waals surface area contributed by atoms with E-state index < -0.39 is 28.5 Å². The van der Waals surface area contributed by atoms with Gasteiger partial charge in [0.1, 0.15) is 12.6 Å². The molecule has 2 aromatic carbocycles. The zero-order valence-electron chi connectivity index (χ0n) is 21.0. The van der Waals surface area contributed by atoms with E-state index in [2.05, 4.69) is 5.32 Å². The van der Waals surface area contributed by atoms with Crippen LogP contribution >= 0.6 is 34.8 Å². The summed E-state index contributed by atoms with van der Waals surface area (Å²) in [5.74, 6) is -0.640. The first-order valence-electron chi connectivity index (χ1n) is 11.5. The smallest absolute Gasteiger partial charge is 0.244 e. The Bertz CT molecular complexity index is 1210. The van der Waals surface area contributed by atoms with Crippen LogP contribution in [0.3, 0.4) is 0 Å². The maximum Gasteiger partial charge on any atom is 0.244 e. The molecule has 0 spiro atoms. The third kappa shape index (κ3) is 8.00. The molecule has 36 heavy (non-hydrogen) atoms. The highest BCUT2D eigenvalue weighted by atomic mass is 35.5. The van der Waals surface area contributed by atoms with Crippen molar-refractivity contribution in [2.45, 2.75) is 46.7 Å². The van der Waals surface area contributed by atoms with Gasteiger partial charge in [-0.25, -0.2) is 8.42 Å². The molecule has 1 N–H and O–H groups in total. The molecule has 2 rings (SSSR count). The zero-order valence-corrected chi connectivity index (χ0v) is 24.1. The molecule has 1 unspecified atom stereocenters. The summed E-state index contributed by atoms with van der Waals surface area (Å²) in [6.45, 7) is 7.40. The fourth-order valence-electron chi connectivity index (χ4n) is 3.64. The average molecular weight is 577 g/mol. The molecule has 0 radical (unpaired) electrons. The van der Waals surface area contributed by atoms with Crippen LogP contribution in [0.25, 0.3) is 0 Å². The third-order valence-electron chi connectivity index (χ3n) is 5.59. The summed E-state index contributed by atoms with van der Waals surface area (Å²) in [7, 11) is -3.86. The van der Waals surface area contributed by atoms with Gasteiger partial charge in [0.15, 0.2) is 0 Å². The van der Waals surface area contributed by atoms with Crippen molar-refractivity contribution in [2.75, 3.05) is 23.7 Å². The lowest BCUT2D eigenvalue weighted by Crippen LogP contribution is -2.52. The van der Waals surface area contributed by atoms with E-state index in [9.17, 15) is 18.0 Å². The number of benzene rings is 2. The molecule has 0 bridgehead atoms. The predicted octanol–water partition coefficient (Wildman–Crippen LogP) is 5.30. The maximum atomic E-state index is 13.7. The predicted molar refractivity (Wildman–Crippen MR) is 147 cm³/mol. The first-order valence-corrected chi connectivity index (χ1v) is 14.5. The monoisotopic (exact) mass is 575 g/mol. The number of rotatable bonds is 11. The van der Waals surface area contributed by atoms with E-state index in [1.807, 2.05) is 13.8 Å². The van der Waals surface area contributed by atoms with Gasteiger partial charge in [-0.15, -0.1) is 0 Å². The summed E-state index contributed by atoms with van der Waals surface area (Å²) in [5.41, 5.74) is 1.47. The molecular weight excluding hydrogens is 545 g/mol. The standard InChI is InChI=1S/C25H32Cl3N3O4S/c1-6-22(25(33)29-13-16(2)3)30(14-18-10-11-20(27)21(28)12-18)24(32)15-31(36(5,34)35)23-9-7-8-19(26)17(23)4/h7-12,16,22H,6,13-15H2,1-5H3,(H,29,33). The minimum atomic E-state index is -3.86. The molecule has 11 heteroatoms. The van der Waals surface area contributed by atoms with Crippen LogP contribution in [-0.2, 0) is 26.2 Å². The third-order valence-corrected chi connectivity index (χ3v) is 7.87. The first kappa shape index (κ1) is 30.2. The van der Waals surface area contributed by atoms with Crippen molar-refractivity contribution in [3.8, 4) is 0 Å². The molecule has 0 aliphatic heterocycles. The quantitative estimate of drug-likeness (QED) is 0.393. The summed E-state index contributed by atoms with van der Waals surface area (Å²) in [6.07, 6.45) is 1.35. The van der Waals surface area contributed by atoms with Crippen molar-refractivity contribution >= 4 is 62.3 Å². The topological polar surface area (TPSA) is 86.8 Å². The van der Waals surface area contributed by atoms with Gasteiger partial charge in [0.25, 0.3) is 0 Å². The van der Waals surface area contributed by atoms with Crippen molar-refractivity contribution < 1.29 is 18.0 Å². The van der Waals surface area contributed by atoms with Crippen LogP contribution < -0.4 is 9.62 Å². The molecule has 0 saturated carbocycles. The van der Waals surface area contributed by atoms with E-state index in [-0.39, 0.29) is 18.4 Å². The Morgan fingerprint density at radius 2 is 1.69 bits per heavy atom. The van der Waals surface area contributed by atoms with Gasteiger partial charge >= 0.3 is 0 Å². The van der Waals surface area contributed by atoms with Gasteiger partial charge < -0.3 is 10.2 Å². The van der Waals surface area contributed by atoms with E-state index in [0.29, 0.717) is 44.8 Å². The SMILES string of the molecule is CCC(C(=O)NCC(C)C)N(Cc1ccc(Cl)c(Cl)c1)C(=O)CN(c1cccc(Cl)c1C)S(C)(=O)=O. The largest absolute Gasteiger partial charge is 0.354 e. The number of nitrogens with zero attached hydrogens (tertiary/aromatic N) is 2. The van der Waals surface area contributed by atoms with Gasteiger partial charge in [-0.2, -0.15) is 0 Å². The number of carbonyl (C=O) groups is 2. The minimum absolute atomic E-state index is 0.0372. The highest BCUT2D eigenvalue weighted by Crippen LogP contribution is 2.29. The minimum Gasteiger partial charge on any atom is -0.354 e. The van der Waals surface area contributed by atoms with Gasteiger partial charge in [-0.3, -0.25) is 13.9 Å². The number of nitrogens with one attached hydrogen (secondary N) is 1. The summed E-state index contributed by atoms with van der Waals surface area (Å²) in [5, 5.41) is 3.93. The molecule has 0 saturated heterocycles. The number of amides is 2. The average Bonchev–Trinajstić information content (AvgIpc) is 2.79. The van der Waals surface area contributed by atoms with Gasteiger partial charge in [-0.1, -0.05) is 67.7 Å².